The predicted octanol–water partition coefficient (Wildman–Crippen LogP) is 0.0595. The molecule has 0 aromatic heterocycles. The van der Waals surface area contributed by atoms with E-state index < -0.39 is 0 Å². The van der Waals surface area contributed by atoms with Gasteiger partial charge >= 0.3 is 0 Å². The van der Waals surface area contributed by atoms with Gasteiger partial charge in [0.25, 0.3) is 0 Å². The predicted molar refractivity (Wildman–Crippen MR) is 44.0 cm³/mol. The standard InChI is InChI=1S/C8H16N2O/c1-6-3-4-10(2)8(11)7(6)5-9/h6-7H,3-5,9H2,1-2H3/t6-,7-/m1/s1. The summed E-state index contributed by atoms with van der Waals surface area (Å²) in [6.07, 6.45) is 1.09. The largest absolute Gasteiger partial charge is 0.345 e. The molecule has 0 spiro atoms. The Kier molecular flexibility index (Phi) is 2.49. The summed E-state index contributed by atoms with van der Waals surface area (Å²) in [5, 5.41) is 0. The molecule has 1 fully saturated rings. The monoisotopic (exact) mass is 156 g/mol. The maximum Gasteiger partial charge on any atom is 0.226 e. The minimum Gasteiger partial charge on any atom is -0.345 e. The summed E-state index contributed by atoms with van der Waals surface area (Å²) in [4.78, 5) is 13.2. The Hall–Kier alpha value is -0.570. The summed E-state index contributed by atoms with van der Waals surface area (Å²) in [6, 6.07) is 0. The van der Waals surface area contributed by atoms with Crippen LogP contribution < -0.4 is 5.73 Å². The second kappa shape index (κ2) is 3.22. The lowest BCUT2D eigenvalue weighted by Crippen LogP contribution is -2.45. The van der Waals surface area contributed by atoms with Crippen LogP contribution in [-0.2, 0) is 4.79 Å². The van der Waals surface area contributed by atoms with E-state index in [1.807, 2.05) is 7.05 Å². The smallest absolute Gasteiger partial charge is 0.226 e. The molecule has 0 aromatic carbocycles. The van der Waals surface area contributed by atoms with Crippen molar-refractivity contribution in [3.63, 3.8) is 0 Å². The van der Waals surface area contributed by atoms with E-state index >= 15 is 0 Å². The maximum absolute atomic E-state index is 11.4. The number of hydrogen-bond acceptors (Lipinski definition) is 2. The number of carbonyl (C=O) groups excluding carboxylic acids is 1. The van der Waals surface area contributed by atoms with Crippen molar-refractivity contribution in [1.29, 1.82) is 0 Å². The van der Waals surface area contributed by atoms with Crippen LogP contribution in [0.1, 0.15) is 13.3 Å². The van der Waals surface area contributed by atoms with Crippen molar-refractivity contribution in [2.24, 2.45) is 17.6 Å². The Balaban J connectivity index is 2.63. The summed E-state index contributed by atoms with van der Waals surface area (Å²) < 4.78 is 0. The van der Waals surface area contributed by atoms with Crippen LogP contribution in [0.4, 0.5) is 0 Å². The fourth-order valence-corrected chi connectivity index (χ4v) is 1.57. The van der Waals surface area contributed by atoms with E-state index in [2.05, 4.69) is 6.92 Å². The first kappa shape index (κ1) is 8.53. The molecule has 1 aliphatic heterocycles. The average molecular weight is 156 g/mol. The fourth-order valence-electron chi connectivity index (χ4n) is 1.57. The Morgan fingerprint density at radius 2 is 2.36 bits per heavy atom. The zero-order valence-electron chi connectivity index (χ0n) is 7.21. The molecule has 1 aliphatic rings. The average Bonchev–Trinajstić information content (AvgIpc) is 1.99. The van der Waals surface area contributed by atoms with Crippen molar-refractivity contribution in [2.75, 3.05) is 20.1 Å². The Morgan fingerprint density at radius 1 is 1.73 bits per heavy atom. The van der Waals surface area contributed by atoms with Gasteiger partial charge in [0.15, 0.2) is 0 Å². The minimum atomic E-state index is 0.0637. The summed E-state index contributed by atoms with van der Waals surface area (Å²) in [5.74, 6) is 0.740. The van der Waals surface area contributed by atoms with Crippen LogP contribution in [0.25, 0.3) is 0 Å². The fraction of sp³-hybridized carbons (Fsp3) is 0.875. The van der Waals surface area contributed by atoms with Crippen LogP contribution >= 0.6 is 0 Å². The number of hydrogen-bond donors (Lipinski definition) is 1. The van der Waals surface area contributed by atoms with Gasteiger partial charge in [-0.2, -0.15) is 0 Å². The quantitative estimate of drug-likeness (QED) is 0.583. The van der Waals surface area contributed by atoms with E-state index in [1.54, 1.807) is 4.90 Å². The lowest BCUT2D eigenvalue weighted by Gasteiger charge is -2.33. The molecule has 64 valence electrons. The summed E-state index contributed by atoms with van der Waals surface area (Å²) in [7, 11) is 1.84. The van der Waals surface area contributed by atoms with Crippen LogP contribution in [0.15, 0.2) is 0 Å². The van der Waals surface area contributed by atoms with Crippen molar-refractivity contribution in [1.82, 2.24) is 4.90 Å². The van der Waals surface area contributed by atoms with Crippen LogP contribution in [0.2, 0.25) is 0 Å². The molecule has 0 saturated carbocycles. The highest BCUT2D eigenvalue weighted by Gasteiger charge is 2.30. The SMILES string of the molecule is C[C@@H]1CCN(C)C(=O)[C@@H]1CN. The molecule has 2 N–H and O–H groups in total. The molecule has 3 heteroatoms. The van der Waals surface area contributed by atoms with Crippen LogP contribution in [-0.4, -0.2) is 30.9 Å². The Labute approximate surface area is 67.5 Å². The summed E-state index contributed by atoms with van der Waals surface area (Å²) in [5.41, 5.74) is 5.50. The van der Waals surface area contributed by atoms with E-state index in [1.165, 1.54) is 0 Å². The number of piperidine rings is 1. The minimum absolute atomic E-state index is 0.0637. The topological polar surface area (TPSA) is 46.3 Å². The van der Waals surface area contributed by atoms with E-state index in [9.17, 15) is 4.79 Å². The third-order valence-corrected chi connectivity index (χ3v) is 2.55. The molecule has 1 heterocycles. The van der Waals surface area contributed by atoms with Gasteiger partial charge in [0, 0.05) is 20.1 Å². The van der Waals surface area contributed by atoms with Gasteiger partial charge in [0.05, 0.1) is 5.92 Å². The van der Waals surface area contributed by atoms with Gasteiger partial charge in [-0.1, -0.05) is 6.92 Å². The molecule has 3 nitrogen and oxygen atoms in total. The molecular weight excluding hydrogens is 140 g/mol. The zero-order chi connectivity index (χ0) is 8.43. The number of likely N-dealkylation sites (tertiary alicyclic amines) is 1. The van der Waals surface area contributed by atoms with Gasteiger partial charge < -0.3 is 10.6 Å². The molecule has 2 atom stereocenters. The highest BCUT2D eigenvalue weighted by Crippen LogP contribution is 2.21. The molecule has 1 amide bonds. The molecule has 0 unspecified atom stereocenters. The maximum atomic E-state index is 11.4. The number of rotatable bonds is 1. The number of nitrogens with zero attached hydrogens (tertiary/aromatic N) is 1. The van der Waals surface area contributed by atoms with E-state index in [0.717, 1.165) is 13.0 Å². The highest BCUT2D eigenvalue weighted by atomic mass is 16.2. The van der Waals surface area contributed by atoms with Crippen molar-refractivity contribution in [2.45, 2.75) is 13.3 Å². The van der Waals surface area contributed by atoms with Crippen LogP contribution in [0.5, 0.6) is 0 Å². The first-order valence-corrected chi connectivity index (χ1v) is 4.12. The molecular formula is C8H16N2O. The van der Waals surface area contributed by atoms with Crippen LogP contribution in [0, 0.1) is 11.8 Å². The summed E-state index contributed by atoms with van der Waals surface area (Å²) >= 11 is 0. The first-order chi connectivity index (χ1) is 5.16. The van der Waals surface area contributed by atoms with Crippen LogP contribution in [0.3, 0.4) is 0 Å². The highest BCUT2D eigenvalue weighted by molar-refractivity contribution is 5.79. The van der Waals surface area contributed by atoms with Crippen molar-refractivity contribution >= 4 is 5.91 Å². The normalized spacial score (nSPS) is 32.6. The third-order valence-electron chi connectivity index (χ3n) is 2.55. The van der Waals surface area contributed by atoms with Gasteiger partial charge in [-0.25, -0.2) is 0 Å². The molecule has 1 saturated heterocycles. The van der Waals surface area contributed by atoms with Crippen molar-refractivity contribution in [3.05, 3.63) is 0 Å². The third kappa shape index (κ3) is 1.53. The number of nitrogens with two attached hydrogens (primary N) is 1. The summed E-state index contributed by atoms with van der Waals surface area (Å²) in [6.45, 7) is 3.48. The lowest BCUT2D eigenvalue weighted by atomic mass is 9.87. The number of carbonyl (C=O) groups is 1. The molecule has 0 bridgehead atoms. The molecule has 0 aliphatic carbocycles. The number of amides is 1. The molecule has 11 heavy (non-hydrogen) atoms. The molecule has 0 radical (unpaired) electrons. The van der Waals surface area contributed by atoms with E-state index in [4.69, 9.17) is 5.73 Å². The first-order valence-electron chi connectivity index (χ1n) is 4.12. The molecule has 0 aromatic rings. The zero-order valence-corrected chi connectivity index (χ0v) is 7.21. The second-order valence-electron chi connectivity index (χ2n) is 3.37. The van der Waals surface area contributed by atoms with Crippen molar-refractivity contribution in [3.8, 4) is 0 Å². The van der Waals surface area contributed by atoms with E-state index in [-0.39, 0.29) is 11.8 Å². The van der Waals surface area contributed by atoms with Crippen molar-refractivity contribution < 1.29 is 4.79 Å². The second-order valence-corrected chi connectivity index (χ2v) is 3.37. The van der Waals surface area contributed by atoms with Gasteiger partial charge in [-0.15, -0.1) is 0 Å². The Morgan fingerprint density at radius 3 is 2.82 bits per heavy atom. The van der Waals surface area contributed by atoms with Gasteiger partial charge in [0.2, 0.25) is 5.91 Å². The van der Waals surface area contributed by atoms with E-state index in [0.29, 0.717) is 12.5 Å². The van der Waals surface area contributed by atoms with Gasteiger partial charge in [0.1, 0.15) is 0 Å². The Bertz CT molecular complexity index is 158. The van der Waals surface area contributed by atoms with Gasteiger partial charge in [-0.05, 0) is 12.3 Å². The van der Waals surface area contributed by atoms with Gasteiger partial charge in [-0.3, -0.25) is 4.79 Å². The molecule has 1 rings (SSSR count). The lowest BCUT2D eigenvalue weighted by molar-refractivity contribution is -0.138.